The molecule has 0 aliphatic rings. The molecular formula is C20H21NSi. The van der Waals surface area contributed by atoms with E-state index in [-0.39, 0.29) is 0 Å². The molecule has 110 valence electrons. The minimum Gasteiger partial charge on any atom is -0.261 e. The monoisotopic (exact) mass is 303 g/mol. The van der Waals surface area contributed by atoms with E-state index in [2.05, 4.69) is 84.3 Å². The van der Waals surface area contributed by atoms with Crippen LogP contribution in [0.4, 0.5) is 0 Å². The molecule has 0 saturated heterocycles. The van der Waals surface area contributed by atoms with E-state index < -0.39 is 8.07 Å². The van der Waals surface area contributed by atoms with Gasteiger partial charge in [-0.1, -0.05) is 83.7 Å². The summed E-state index contributed by atoms with van der Waals surface area (Å²) in [5.74, 6) is 0. The van der Waals surface area contributed by atoms with Gasteiger partial charge >= 0.3 is 0 Å². The molecule has 0 spiro atoms. The van der Waals surface area contributed by atoms with Crippen molar-refractivity contribution in [1.29, 1.82) is 0 Å². The first kappa shape index (κ1) is 14.7. The molecule has 1 aromatic heterocycles. The molecule has 0 aliphatic carbocycles. The van der Waals surface area contributed by atoms with E-state index in [4.69, 9.17) is 0 Å². The van der Waals surface area contributed by atoms with E-state index in [9.17, 15) is 0 Å². The Balaban J connectivity index is 1.93. The molecule has 0 aliphatic heterocycles. The van der Waals surface area contributed by atoms with Crippen LogP contribution in [0, 0.1) is 0 Å². The van der Waals surface area contributed by atoms with Gasteiger partial charge in [-0.05, 0) is 24.6 Å². The molecule has 0 unspecified atom stereocenters. The molecule has 0 amide bonds. The second-order valence-electron chi connectivity index (χ2n) is 5.89. The van der Waals surface area contributed by atoms with Crippen LogP contribution in [0.2, 0.25) is 12.6 Å². The largest absolute Gasteiger partial charge is 0.261 e. The molecule has 3 aromatic rings. The van der Waals surface area contributed by atoms with Gasteiger partial charge in [-0.3, -0.25) is 4.98 Å². The zero-order chi connectivity index (χ0) is 15.3. The lowest BCUT2D eigenvalue weighted by molar-refractivity contribution is 1.02. The quantitative estimate of drug-likeness (QED) is 0.657. The maximum absolute atomic E-state index is 4.49. The van der Waals surface area contributed by atoms with Crippen molar-refractivity contribution in [1.82, 2.24) is 4.98 Å². The average molecular weight is 303 g/mol. The minimum atomic E-state index is -1.72. The van der Waals surface area contributed by atoms with Gasteiger partial charge in [-0.2, -0.15) is 0 Å². The Kier molecular flexibility index (Phi) is 4.49. The van der Waals surface area contributed by atoms with Crippen molar-refractivity contribution in [2.24, 2.45) is 0 Å². The van der Waals surface area contributed by atoms with Gasteiger partial charge in [0.2, 0.25) is 0 Å². The van der Waals surface area contributed by atoms with Gasteiger partial charge in [0.05, 0.1) is 0 Å². The first-order valence-electron chi connectivity index (χ1n) is 7.80. The summed E-state index contributed by atoms with van der Waals surface area (Å²) in [4.78, 5) is 4.49. The lowest BCUT2D eigenvalue weighted by atomic mass is 10.3. The molecule has 0 bridgehead atoms. The van der Waals surface area contributed by atoms with Gasteiger partial charge in [0.25, 0.3) is 0 Å². The number of hydrogen-bond donors (Lipinski definition) is 0. The Morgan fingerprint density at radius 2 is 1.27 bits per heavy atom. The summed E-state index contributed by atoms with van der Waals surface area (Å²) in [5.41, 5.74) is 1.19. The van der Waals surface area contributed by atoms with Gasteiger partial charge in [0.1, 0.15) is 8.07 Å². The number of rotatable bonds is 5. The fraction of sp³-hybridized carbons (Fsp3) is 0.150. The van der Waals surface area contributed by atoms with E-state index in [1.807, 2.05) is 12.3 Å². The Labute approximate surface area is 133 Å². The molecule has 0 N–H and O–H groups in total. The molecule has 2 aromatic carbocycles. The van der Waals surface area contributed by atoms with Crippen LogP contribution in [-0.2, 0) is 6.42 Å². The van der Waals surface area contributed by atoms with Crippen molar-refractivity contribution in [3.05, 3.63) is 90.8 Å². The van der Waals surface area contributed by atoms with Crippen molar-refractivity contribution >= 4 is 18.4 Å². The fourth-order valence-electron chi connectivity index (χ4n) is 2.99. The fourth-order valence-corrected chi connectivity index (χ4v) is 6.51. The highest BCUT2D eigenvalue weighted by molar-refractivity contribution is 7.01. The highest BCUT2D eigenvalue weighted by Gasteiger charge is 2.31. The molecule has 1 heterocycles. The van der Waals surface area contributed by atoms with Crippen LogP contribution >= 0.6 is 0 Å². The maximum atomic E-state index is 4.49. The average Bonchev–Trinajstić information content (AvgIpc) is 2.62. The maximum Gasteiger partial charge on any atom is 0.115 e. The Morgan fingerprint density at radius 1 is 0.727 bits per heavy atom. The van der Waals surface area contributed by atoms with Crippen molar-refractivity contribution < 1.29 is 0 Å². The molecular weight excluding hydrogens is 282 g/mol. The minimum absolute atomic E-state index is 1.04. The van der Waals surface area contributed by atoms with E-state index in [0.717, 1.165) is 6.42 Å². The first-order chi connectivity index (χ1) is 10.8. The van der Waals surface area contributed by atoms with Crippen LogP contribution in [-0.4, -0.2) is 13.1 Å². The molecule has 3 rings (SSSR count). The molecule has 0 atom stereocenters. The van der Waals surface area contributed by atoms with Crippen molar-refractivity contribution in [2.45, 2.75) is 19.0 Å². The topological polar surface area (TPSA) is 12.9 Å². The highest BCUT2D eigenvalue weighted by Crippen LogP contribution is 2.14. The van der Waals surface area contributed by atoms with Gasteiger partial charge in [0, 0.05) is 11.9 Å². The molecule has 0 saturated carbocycles. The second kappa shape index (κ2) is 6.71. The Morgan fingerprint density at radius 3 is 1.77 bits per heavy atom. The van der Waals surface area contributed by atoms with Crippen LogP contribution in [0.3, 0.4) is 0 Å². The third-order valence-electron chi connectivity index (χ3n) is 4.43. The summed E-state index contributed by atoms with van der Waals surface area (Å²) in [6.45, 7) is 2.47. The Hall–Kier alpha value is -2.19. The van der Waals surface area contributed by atoms with Crippen molar-refractivity contribution in [3.63, 3.8) is 0 Å². The van der Waals surface area contributed by atoms with E-state index in [1.54, 1.807) is 0 Å². The number of nitrogens with zero attached hydrogens (tertiary/aromatic N) is 1. The molecule has 2 heteroatoms. The summed E-state index contributed by atoms with van der Waals surface area (Å²) in [5, 5.41) is 2.99. The SMILES string of the molecule is C[Si](CCc1ccccn1)(c1ccccc1)c1ccccc1. The van der Waals surface area contributed by atoms with E-state index in [1.165, 1.54) is 22.1 Å². The summed E-state index contributed by atoms with van der Waals surface area (Å²) in [7, 11) is -1.72. The molecule has 22 heavy (non-hydrogen) atoms. The second-order valence-corrected chi connectivity index (χ2v) is 10.2. The Bertz CT molecular complexity index is 656. The van der Waals surface area contributed by atoms with Crippen LogP contribution in [0.15, 0.2) is 85.1 Å². The zero-order valence-electron chi connectivity index (χ0n) is 12.9. The number of aromatic nitrogens is 1. The van der Waals surface area contributed by atoms with Gasteiger partial charge < -0.3 is 0 Å². The summed E-state index contributed by atoms with van der Waals surface area (Å²) in [6.07, 6.45) is 2.92. The lowest BCUT2D eigenvalue weighted by Crippen LogP contribution is -2.55. The van der Waals surface area contributed by atoms with Crippen LogP contribution in [0.25, 0.3) is 0 Å². The van der Waals surface area contributed by atoms with Gasteiger partial charge in [-0.15, -0.1) is 0 Å². The standard InChI is InChI=1S/C20H21NSi/c1-22(19-11-4-2-5-12-19,20-13-6-3-7-14-20)17-15-18-10-8-9-16-21-18/h2-14,16H,15,17H2,1H3. The summed E-state index contributed by atoms with van der Waals surface area (Å²) < 4.78 is 0. The number of hydrogen-bond acceptors (Lipinski definition) is 1. The van der Waals surface area contributed by atoms with Gasteiger partial charge in [-0.25, -0.2) is 0 Å². The smallest absolute Gasteiger partial charge is 0.115 e. The lowest BCUT2D eigenvalue weighted by Gasteiger charge is -2.28. The predicted octanol–water partition coefficient (Wildman–Crippen LogP) is 3.52. The van der Waals surface area contributed by atoms with E-state index >= 15 is 0 Å². The third-order valence-corrected chi connectivity index (χ3v) is 8.89. The molecule has 0 fully saturated rings. The summed E-state index contributed by atoms with van der Waals surface area (Å²) in [6, 6.07) is 29.3. The highest BCUT2D eigenvalue weighted by atomic mass is 28.3. The summed E-state index contributed by atoms with van der Waals surface area (Å²) >= 11 is 0. The van der Waals surface area contributed by atoms with Crippen molar-refractivity contribution in [2.75, 3.05) is 0 Å². The van der Waals surface area contributed by atoms with Crippen molar-refractivity contribution in [3.8, 4) is 0 Å². The molecule has 1 nitrogen and oxygen atoms in total. The van der Waals surface area contributed by atoms with E-state index in [0.29, 0.717) is 0 Å². The first-order valence-corrected chi connectivity index (χ1v) is 10.5. The third kappa shape index (κ3) is 3.17. The molecule has 0 radical (unpaired) electrons. The normalized spacial score (nSPS) is 11.3. The zero-order valence-corrected chi connectivity index (χ0v) is 13.9. The predicted molar refractivity (Wildman–Crippen MR) is 96.5 cm³/mol. The number of benzene rings is 2. The van der Waals surface area contributed by atoms with Crippen LogP contribution in [0.1, 0.15) is 5.69 Å². The number of aryl methyl sites for hydroxylation is 1. The van der Waals surface area contributed by atoms with Crippen LogP contribution < -0.4 is 10.4 Å². The van der Waals surface area contributed by atoms with Gasteiger partial charge in [0.15, 0.2) is 0 Å². The number of pyridine rings is 1. The van der Waals surface area contributed by atoms with Crippen LogP contribution in [0.5, 0.6) is 0 Å².